The van der Waals surface area contributed by atoms with Gasteiger partial charge in [-0.1, -0.05) is 27.7 Å². The lowest BCUT2D eigenvalue weighted by Gasteiger charge is -2.19. The van der Waals surface area contributed by atoms with Gasteiger partial charge in [0.1, 0.15) is 0 Å². The van der Waals surface area contributed by atoms with Gasteiger partial charge in [0.05, 0.1) is 11.9 Å². The molecular formula is C12H24N2S. The Morgan fingerprint density at radius 2 is 2.07 bits per heavy atom. The van der Waals surface area contributed by atoms with Gasteiger partial charge in [0.2, 0.25) is 0 Å². The van der Waals surface area contributed by atoms with Crippen molar-refractivity contribution in [3.63, 3.8) is 0 Å². The zero-order valence-corrected chi connectivity index (χ0v) is 11.2. The monoisotopic (exact) mass is 228 g/mol. The molecule has 1 fully saturated rings. The van der Waals surface area contributed by atoms with E-state index in [0.717, 1.165) is 11.1 Å². The SMILES string of the molecule is CCSC1CCC(N=C(N)C(C)(C)C)C1. The Bertz CT molecular complexity index is 230. The summed E-state index contributed by atoms with van der Waals surface area (Å²) in [6.45, 7) is 8.60. The van der Waals surface area contributed by atoms with E-state index in [-0.39, 0.29) is 5.41 Å². The van der Waals surface area contributed by atoms with Gasteiger partial charge in [-0.25, -0.2) is 0 Å². The van der Waals surface area contributed by atoms with Crippen molar-refractivity contribution in [2.24, 2.45) is 16.1 Å². The fourth-order valence-electron chi connectivity index (χ4n) is 1.81. The first-order valence-electron chi connectivity index (χ1n) is 5.88. The first kappa shape index (κ1) is 12.9. The number of hydrogen-bond acceptors (Lipinski definition) is 2. The smallest absolute Gasteiger partial charge is 0.0994 e. The summed E-state index contributed by atoms with van der Waals surface area (Å²) in [7, 11) is 0. The molecule has 2 N–H and O–H groups in total. The largest absolute Gasteiger partial charge is 0.387 e. The number of aliphatic imine (C=N–C) groups is 1. The van der Waals surface area contributed by atoms with E-state index in [1.54, 1.807) is 0 Å². The van der Waals surface area contributed by atoms with E-state index >= 15 is 0 Å². The molecule has 0 heterocycles. The van der Waals surface area contributed by atoms with E-state index in [9.17, 15) is 0 Å². The predicted octanol–water partition coefficient (Wildman–Crippen LogP) is 3.06. The molecule has 1 aliphatic rings. The van der Waals surface area contributed by atoms with Gasteiger partial charge in [0, 0.05) is 10.7 Å². The molecule has 0 aromatic carbocycles. The van der Waals surface area contributed by atoms with Gasteiger partial charge in [-0.15, -0.1) is 0 Å². The van der Waals surface area contributed by atoms with E-state index in [2.05, 4.69) is 44.4 Å². The average molecular weight is 228 g/mol. The summed E-state index contributed by atoms with van der Waals surface area (Å²) in [6.07, 6.45) is 3.74. The molecule has 0 bridgehead atoms. The van der Waals surface area contributed by atoms with Gasteiger partial charge in [-0.05, 0) is 25.0 Å². The summed E-state index contributed by atoms with van der Waals surface area (Å²) in [5.41, 5.74) is 6.02. The minimum absolute atomic E-state index is 0.0238. The van der Waals surface area contributed by atoms with E-state index in [4.69, 9.17) is 5.73 Å². The molecule has 2 nitrogen and oxygen atoms in total. The standard InChI is InChI=1S/C12H24N2S/c1-5-15-10-7-6-9(8-10)14-11(13)12(2,3)4/h9-10H,5-8H2,1-4H3,(H2,13,14). The molecule has 3 heteroatoms. The van der Waals surface area contributed by atoms with E-state index in [1.165, 1.54) is 25.0 Å². The molecule has 0 aromatic heterocycles. The van der Waals surface area contributed by atoms with Gasteiger partial charge >= 0.3 is 0 Å². The molecule has 2 atom stereocenters. The van der Waals surface area contributed by atoms with Gasteiger partial charge in [-0.3, -0.25) is 4.99 Å². The molecule has 1 aliphatic carbocycles. The second-order valence-corrected chi connectivity index (χ2v) is 6.89. The fourth-order valence-corrected chi connectivity index (χ4v) is 2.94. The van der Waals surface area contributed by atoms with Crippen LogP contribution in [0.3, 0.4) is 0 Å². The summed E-state index contributed by atoms with van der Waals surface area (Å²) in [6, 6.07) is 0.480. The Labute approximate surface area is 98.1 Å². The minimum atomic E-state index is 0.0238. The van der Waals surface area contributed by atoms with E-state index in [1.807, 2.05) is 0 Å². The lowest BCUT2D eigenvalue weighted by molar-refractivity contribution is 0.570. The number of thioether (sulfide) groups is 1. The van der Waals surface area contributed by atoms with Gasteiger partial charge in [0.15, 0.2) is 0 Å². The maximum Gasteiger partial charge on any atom is 0.0994 e. The lowest BCUT2D eigenvalue weighted by Crippen LogP contribution is -2.30. The third-order valence-electron chi connectivity index (χ3n) is 2.85. The van der Waals surface area contributed by atoms with Crippen LogP contribution in [0.2, 0.25) is 0 Å². The molecule has 15 heavy (non-hydrogen) atoms. The van der Waals surface area contributed by atoms with Crippen molar-refractivity contribution < 1.29 is 0 Å². The van der Waals surface area contributed by atoms with Gasteiger partial charge < -0.3 is 5.73 Å². The van der Waals surface area contributed by atoms with Crippen molar-refractivity contribution in [2.45, 2.75) is 58.2 Å². The average Bonchev–Trinajstić information content (AvgIpc) is 2.51. The molecule has 0 spiro atoms. The van der Waals surface area contributed by atoms with E-state index < -0.39 is 0 Å². The number of amidine groups is 1. The normalized spacial score (nSPS) is 28.4. The highest BCUT2D eigenvalue weighted by molar-refractivity contribution is 7.99. The summed E-state index contributed by atoms with van der Waals surface area (Å²) < 4.78 is 0. The Morgan fingerprint density at radius 3 is 2.60 bits per heavy atom. The summed E-state index contributed by atoms with van der Waals surface area (Å²) >= 11 is 2.07. The topological polar surface area (TPSA) is 38.4 Å². The van der Waals surface area contributed by atoms with Crippen LogP contribution in [0, 0.1) is 5.41 Å². The summed E-state index contributed by atoms with van der Waals surface area (Å²) in [5.74, 6) is 2.03. The molecule has 1 saturated carbocycles. The number of rotatable bonds is 3. The van der Waals surface area contributed by atoms with Crippen molar-refractivity contribution in [1.82, 2.24) is 0 Å². The number of nitrogens with zero attached hydrogens (tertiary/aromatic N) is 1. The zero-order chi connectivity index (χ0) is 11.5. The van der Waals surface area contributed by atoms with Gasteiger partial charge in [0.25, 0.3) is 0 Å². The van der Waals surface area contributed by atoms with Crippen LogP contribution < -0.4 is 5.73 Å². The molecule has 0 aliphatic heterocycles. The summed E-state index contributed by atoms with van der Waals surface area (Å²) in [5, 5.41) is 0.816. The second-order valence-electron chi connectivity index (χ2n) is 5.31. The minimum Gasteiger partial charge on any atom is -0.387 e. The Balaban J connectivity index is 2.48. The number of nitrogens with two attached hydrogens (primary N) is 1. The van der Waals surface area contributed by atoms with Crippen LogP contribution in [0.4, 0.5) is 0 Å². The first-order chi connectivity index (χ1) is 6.93. The first-order valence-corrected chi connectivity index (χ1v) is 6.93. The number of hydrogen-bond donors (Lipinski definition) is 1. The molecule has 0 amide bonds. The van der Waals surface area contributed by atoms with Crippen molar-refractivity contribution >= 4 is 17.6 Å². The van der Waals surface area contributed by atoms with Crippen molar-refractivity contribution in [1.29, 1.82) is 0 Å². The van der Waals surface area contributed by atoms with Crippen LogP contribution in [0.15, 0.2) is 4.99 Å². The van der Waals surface area contributed by atoms with Crippen LogP contribution in [0.1, 0.15) is 47.0 Å². The second kappa shape index (κ2) is 5.24. The quantitative estimate of drug-likeness (QED) is 0.595. The summed E-state index contributed by atoms with van der Waals surface area (Å²) in [4.78, 5) is 4.66. The Hall–Kier alpha value is -0.180. The van der Waals surface area contributed by atoms with E-state index in [0.29, 0.717) is 6.04 Å². The van der Waals surface area contributed by atoms with Crippen molar-refractivity contribution in [3.05, 3.63) is 0 Å². The highest BCUT2D eigenvalue weighted by Gasteiger charge is 2.25. The molecule has 1 rings (SSSR count). The lowest BCUT2D eigenvalue weighted by atomic mass is 9.95. The third kappa shape index (κ3) is 4.06. The maximum absolute atomic E-state index is 5.99. The molecule has 88 valence electrons. The molecular weight excluding hydrogens is 204 g/mol. The van der Waals surface area contributed by atoms with Crippen LogP contribution in [-0.2, 0) is 0 Å². The third-order valence-corrected chi connectivity index (χ3v) is 4.08. The van der Waals surface area contributed by atoms with Crippen LogP contribution in [0.25, 0.3) is 0 Å². The molecule has 0 radical (unpaired) electrons. The van der Waals surface area contributed by atoms with Crippen LogP contribution >= 0.6 is 11.8 Å². The van der Waals surface area contributed by atoms with Crippen molar-refractivity contribution in [2.75, 3.05) is 5.75 Å². The molecule has 0 saturated heterocycles. The predicted molar refractivity (Wildman–Crippen MR) is 70.6 cm³/mol. The van der Waals surface area contributed by atoms with Crippen LogP contribution in [-0.4, -0.2) is 22.9 Å². The molecule has 2 unspecified atom stereocenters. The maximum atomic E-state index is 5.99. The Morgan fingerprint density at radius 1 is 1.40 bits per heavy atom. The van der Waals surface area contributed by atoms with Crippen LogP contribution in [0.5, 0.6) is 0 Å². The highest BCUT2D eigenvalue weighted by atomic mass is 32.2. The van der Waals surface area contributed by atoms with Crippen molar-refractivity contribution in [3.8, 4) is 0 Å². The zero-order valence-electron chi connectivity index (χ0n) is 10.4. The fraction of sp³-hybridized carbons (Fsp3) is 0.917. The van der Waals surface area contributed by atoms with Gasteiger partial charge in [-0.2, -0.15) is 11.8 Å². The molecule has 0 aromatic rings. The highest BCUT2D eigenvalue weighted by Crippen LogP contribution is 2.32. The Kier molecular flexibility index (Phi) is 4.50.